The molecule has 1 aliphatic rings. The first-order chi connectivity index (χ1) is 12.1. The number of amides is 2. The third-order valence-corrected chi connectivity index (χ3v) is 4.99. The summed E-state index contributed by atoms with van der Waals surface area (Å²) in [6.07, 6.45) is 3.24. The van der Waals surface area contributed by atoms with E-state index in [1.807, 2.05) is 0 Å². The molecule has 128 valence electrons. The first kappa shape index (κ1) is 17.7. The van der Waals surface area contributed by atoms with Gasteiger partial charge in [-0.25, -0.2) is 0 Å². The summed E-state index contributed by atoms with van der Waals surface area (Å²) in [5.41, 5.74) is 1.81. The molecule has 0 unspecified atom stereocenters. The number of aromatic nitrogens is 1. The third-order valence-electron chi connectivity index (χ3n) is 3.69. The van der Waals surface area contributed by atoms with Gasteiger partial charge in [0.25, 0.3) is 11.8 Å². The predicted molar refractivity (Wildman–Crippen MR) is 97.7 cm³/mol. The predicted octanol–water partition coefficient (Wildman–Crippen LogP) is 2.74. The lowest BCUT2D eigenvalue weighted by Gasteiger charge is -2.15. The number of nitrogens with zero attached hydrogens (tertiary/aromatic N) is 2. The van der Waals surface area contributed by atoms with Crippen LogP contribution in [0.4, 0.5) is 0 Å². The van der Waals surface area contributed by atoms with Gasteiger partial charge in [0.1, 0.15) is 0 Å². The van der Waals surface area contributed by atoms with Crippen LogP contribution >= 0.6 is 23.4 Å². The van der Waals surface area contributed by atoms with Crippen LogP contribution in [0.1, 0.15) is 11.1 Å². The van der Waals surface area contributed by atoms with E-state index in [0.29, 0.717) is 26.8 Å². The van der Waals surface area contributed by atoms with Crippen LogP contribution < -0.4 is 0 Å². The molecule has 0 spiro atoms. The number of pyridine rings is 1. The summed E-state index contributed by atoms with van der Waals surface area (Å²) in [6, 6.07) is 10.3. The smallest absolute Gasteiger partial charge is 0.268 e. The Kier molecular flexibility index (Phi) is 5.53. The largest absolute Gasteiger partial charge is 0.396 e. The van der Waals surface area contributed by atoms with Gasteiger partial charge in [0, 0.05) is 23.2 Å². The lowest BCUT2D eigenvalue weighted by Crippen LogP contribution is -2.31. The summed E-state index contributed by atoms with van der Waals surface area (Å²) in [7, 11) is 0. The monoisotopic (exact) mass is 374 g/mol. The van der Waals surface area contributed by atoms with Crippen LogP contribution in [0.25, 0.3) is 5.57 Å². The van der Waals surface area contributed by atoms with E-state index in [4.69, 9.17) is 16.7 Å². The minimum atomic E-state index is -0.343. The Bertz CT molecular complexity index is 822. The third kappa shape index (κ3) is 3.76. The molecule has 0 aliphatic carbocycles. The first-order valence-corrected chi connectivity index (χ1v) is 8.97. The van der Waals surface area contributed by atoms with Crippen LogP contribution in [-0.4, -0.2) is 39.2 Å². The van der Waals surface area contributed by atoms with E-state index in [2.05, 4.69) is 4.98 Å². The van der Waals surface area contributed by atoms with E-state index in [0.717, 1.165) is 5.56 Å². The van der Waals surface area contributed by atoms with Crippen LogP contribution in [0.5, 0.6) is 0 Å². The standard InChI is InChI=1S/C18H15ClN2O3S/c19-14-3-1-13(2-4-14)15-16(25-10-9-22)18(24)21(17(15)23)11-12-5-7-20-8-6-12/h1-8,22H,9-11H2. The summed E-state index contributed by atoms with van der Waals surface area (Å²) in [4.78, 5) is 31.2. The fourth-order valence-corrected chi connectivity index (χ4v) is 3.53. The van der Waals surface area contributed by atoms with Crippen LogP contribution in [0, 0.1) is 0 Å². The lowest BCUT2D eigenvalue weighted by molar-refractivity contribution is -0.137. The molecular formula is C18H15ClN2O3S. The van der Waals surface area contributed by atoms with Gasteiger partial charge in [-0.2, -0.15) is 0 Å². The topological polar surface area (TPSA) is 70.5 Å². The van der Waals surface area contributed by atoms with Crippen molar-refractivity contribution in [2.75, 3.05) is 12.4 Å². The van der Waals surface area contributed by atoms with Gasteiger partial charge in [-0.3, -0.25) is 19.5 Å². The Morgan fingerprint density at radius 2 is 1.72 bits per heavy atom. The SMILES string of the molecule is O=C1C(SCCO)=C(c2ccc(Cl)cc2)C(=O)N1Cc1ccncc1. The molecule has 0 saturated heterocycles. The Morgan fingerprint density at radius 1 is 1.04 bits per heavy atom. The highest BCUT2D eigenvalue weighted by atomic mass is 35.5. The molecule has 2 heterocycles. The van der Waals surface area contributed by atoms with E-state index in [1.165, 1.54) is 16.7 Å². The Morgan fingerprint density at radius 3 is 2.36 bits per heavy atom. The zero-order valence-corrected chi connectivity index (χ0v) is 14.8. The van der Waals surface area contributed by atoms with Gasteiger partial charge in [0.15, 0.2) is 0 Å². The molecule has 1 aromatic carbocycles. The molecule has 0 saturated carbocycles. The van der Waals surface area contributed by atoms with E-state index in [1.54, 1.807) is 48.8 Å². The van der Waals surface area contributed by atoms with Crippen LogP contribution in [0.15, 0.2) is 53.7 Å². The molecule has 3 rings (SSSR count). The van der Waals surface area contributed by atoms with E-state index in [-0.39, 0.29) is 25.0 Å². The normalized spacial score (nSPS) is 14.6. The van der Waals surface area contributed by atoms with Gasteiger partial charge < -0.3 is 5.11 Å². The van der Waals surface area contributed by atoms with E-state index >= 15 is 0 Å². The Labute approximate surface area is 154 Å². The van der Waals surface area contributed by atoms with E-state index in [9.17, 15) is 9.59 Å². The average molecular weight is 375 g/mol. The number of aliphatic hydroxyl groups excluding tert-OH is 1. The molecule has 1 aliphatic heterocycles. The number of imide groups is 1. The number of thioether (sulfide) groups is 1. The number of hydrogen-bond donors (Lipinski definition) is 1. The summed E-state index contributed by atoms with van der Waals surface area (Å²) in [5, 5.41) is 9.65. The second kappa shape index (κ2) is 7.82. The minimum absolute atomic E-state index is 0.0755. The highest BCUT2D eigenvalue weighted by molar-refractivity contribution is 8.04. The van der Waals surface area contributed by atoms with Crippen molar-refractivity contribution in [3.63, 3.8) is 0 Å². The van der Waals surface area contributed by atoms with E-state index < -0.39 is 0 Å². The molecule has 5 nitrogen and oxygen atoms in total. The molecule has 25 heavy (non-hydrogen) atoms. The molecule has 0 fully saturated rings. The van der Waals surface area contributed by atoms with Crippen molar-refractivity contribution < 1.29 is 14.7 Å². The maximum atomic E-state index is 12.9. The van der Waals surface area contributed by atoms with Crippen molar-refractivity contribution in [3.05, 3.63) is 69.8 Å². The van der Waals surface area contributed by atoms with Gasteiger partial charge in [0.2, 0.25) is 0 Å². The number of benzene rings is 1. The van der Waals surface area contributed by atoms with Gasteiger partial charge in [-0.15, -0.1) is 11.8 Å². The number of carbonyl (C=O) groups is 2. The minimum Gasteiger partial charge on any atom is -0.396 e. The van der Waals surface area contributed by atoms with Crippen LogP contribution in [0.3, 0.4) is 0 Å². The lowest BCUT2D eigenvalue weighted by atomic mass is 10.1. The van der Waals surface area contributed by atoms with Gasteiger partial charge in [0.05, 0.1) is 23.6 Å². The fraction of sp³-hybridized carbons (Fsp3) is 0.167. The van der Waals surface area contributed by atoms with Crippen molar-refractivity contribution in [1.82, 2.24) is 9.88 Å². The second-order valence-corrected chi connectivity index (χ2v) is 6.88. The van der Waals surface area contributed by atoms with Gasteiger partial charge >= 0.3 is 0 Å². The zero-order chi connectivity index (χ0) is 17.8. The van der Waals surface area contributed by atoms with Crippen molar-refractivity contribution in [2.45, 2.75) is 6.54 Å². The number of halogens is 1. The zero-order valence-electron chi connectivity index (χ0n) is 13.2. The number of hydrogen-bond acceptors (Lipinski definition) is 5. The average Bonchev–Trinajstić information content (AvgIpc) is 2.86. The molecule has 0 atom stereocenters. The molecular weight excluding hydrogens is 360 g/mol. The quantitative estimate of drug-likeness (QED) is 0.787. The second-order valence-electron chi connectivity index (χ2n) is 5.33. The number of carbonyl (C=O) groups excluding carboxylic acids is 2. The number of aliphatic hydroxyl groups is 1. The van der Waals surface area contributed by atoms with Crippen molar-refractivity contribution in [2.24, 2.45) is 0 Å². The molecule has 2 aromatic rings. The number of rotatable bonds is 6. The summed E-state index contributed by atoms with van der Waals surface area (Å²) in [6.45, 7) is 0.106. The maximum Gasteiger partial charge on any atom is 0.268 e. The fourth-order valence-electron chi connectivity index (χ4n) is 2.52. The molecule has 7 heteroatoms. The summed E-state index contributed by atoms with van der Waals surface area (Å²) < 4.78 is 0. The van der Waals surface area contributed by atoms with Crippen LogP contribution in [0.2, 0.25) is 5.02 Å². The summed E-state index contributed by atoms with van der Waals surface area (Å²) in [5.74, 6) is -0.344. The van der Waals surface area contributed by atoms with Crippen molar-refractivity contribution in [3.8, 4) is 0 Å². The molecule has 2 amide bonds. The Hall–Kier alpha value is -2.15. The van der Waals surface area contributed by atoms with Gasteiger partial charge in [-0.05, 0) is 35.4 Å². The molecule has 1 aromatic heterocycles. The maximum absolute atomic E-state index is 12.9. The highest BCUT2D eigenvalue weighted by Gasteiger charge is 2.38. The van der Waals surface area contributed by atoms with Crippen molar-refractivity contribution in [1.29, 1.82) is 0 Å². The highest BCUT2D eigenvalue weighted by Crippen LogP contribution is 2.36. The Balaban J connectivity index is 1.96. The summed E-state index contributed by atoms with van der Waals surface area (Å²) >= 11 is 7.11. The molecule has 0 radical (unpaired) electrons. The molecule has 1 N–H and O–H groups in total. The first-order valence-electron chi connectivity index (χ1n) is 7.61. The van der Waals surface area contributed by atoms with Crippen LogP contribution in [-0.2, 0) is 16.1 Å². The van der Waals surface area contributed by atoms with Crippen molar-refractivity contribution >= 4 is 40.8 Å². The van der Waals surface area contributed by atoms with Gasteiger partial charge in [-0.1, -0.05) is 23.7 Å². The molecule has 0 bridgehead atoms.